The zero-order valence-electron chi connectivity index (χ0n) is 29.6. The Morgan fingerprint density at radius 2 is 1.58 bits per heavy atom. The van der Waals surface area contributed by atoms with Gasteiger partial charge in [-0.2, -0.15) is 4.31 Å². The number of sulfonamides is 1. The summed E-state index contributed by atoms with van der Waals surface area (Å²) >= 11 is 0. The van der Waals surface area contributed by atoms with Gasteiger partial charge in [-0.25, -0.2) is 22.2 Å². The number of benzene rings is 3. The Hall–Kier alpha value is -2.85. The number of phosphoric acid groups is 1. The van der Waals surface area contributed by atoms with Crippen LogP contribution in [0, 0.1) is 11.7 Å². The van der Waals surface area contributed by atoms with Crippen molar-refractivity contribution >= 4 is 35.5 Å². The molecular formula is C33H45FN4NaO9PS. The van der Waals surface area contributed by atoms with Crippen molar-refractivity contribution in [2.45, 2.75) is 56.0 Å². The molecule has 270 valence electrons. The quantitative estimate of drug-likeness (QED) is 0.0551. The summed E-state index contributed by atoms with van der Waals surface area (Å²) < 4.78 is 64.0. The summed E-state index contributed by atoms with van der Waals surface area (Å²) in [6, 6.07) is 19.4. The summed E-state index contributed by atoms with van der Waals surface area (Å²) in [5, 5.41) is 5.50. The van der Waals surface area contributed by atoms with Gasteiger partial charge in [0.25, 0.3) is 0 Å². The molecule has 0 spiro atoms. The standard InChI is InChI=1S/C33H44FN4O9PS.Na.H/c1-23(2)21-38(49(44,45)27-17-18-29(35)28(34)20-27)26(22-47-48(41,42)43)16-10-11-19-36-32(39)31(37-33(40)46-3)30(24-12-6-4-7-13-24)25-14-8-5-9-15-25;;/h4-9,12-15,17-18,20,23,26,30-31H,10-11,16,19,21-22,35H2,1-3H3,(H,36,39)(H,37,40)(H2,41,42,43);;/q;+1;-1/t26-,31-;;/m0../s1. The number of carbonyl (C=O) groups excluding carboxylic acids is 2. The first-order valence-corrected chi connectivity index (χ1v) is 18.6. The molecule has 2 amide bonds. The van der Waals surface area contributed by atoms with E-state index in [-0.39, 0.29) is 67.0 Å². The molecule has 3 rings (SSSR count). The van der Waals surface area contributed by atoms with Crippen molar-refractivity contribution in [3.05, 3.63) is 95.8 Å². The van der Waals surface area contributed by atoms with Gasteiger partial charge < -0.3 is 32.3 Å². The number of rotatable bonds is 18. The summed E-state index contributed by atoms with van der Waals surface area (Å²) in [5.74, 6) is -2.19. The fraction of sp³-hybridized carbons (Fsp3) is 0.394. The molecule has 3 aromatic rings. The van der Waals surface area contributed by atoms with E-state index >= 15 is 0 Å². The number of nitrogens with two attached hydrogens (primary N) is 1. The number of phosphoric ester groups is 1. The number of nitrogens with zero attached hydrogens (tertiary/aromatic N) is 1. The van der Waals surface area contributed by atoms with Crippen molar-refractivity contribution in [1.82, 2.24) is 14.9 Å². The number of methoxy groups -OCH3 is 1. The van der Waals surface area contributed by atoms with Crippen molar-refractivity contribution < 1.29 is 77.0 Å². The largest absolute Gasteiger partial charge is 1.00 e. The van der Waals surface area contributed by atoms with Gasteiger partial charge in [-0.1, -0.05) is 80.9 Å². The van der Waals surface area contributed by atoms with E-state index in [1.54, 1.807) is 13.8 Å². The average Bonchev–Trinajstić information content (AvgIpc) is 3.06. The number of unbranched alkanes of at least 4 members (excludes halogenated alkanes) is 1. The van der Waals surface area contributed by atoms with Crippen LogP contribution in [0.2, 0.25) is 0 Å². The van der Waals surface area contributed by atoms with Gasteiger partial charge in [0.2, 0.25) is 15.9 Å². The van der Waals surface area contributed by atoms with E-state index in [4.69, 9.17) is 15.0 Å². The molecule has 0 aliphatic heterocycles. The van der Waals surface area contributed by atoms with Gasteiger partial charge in [-0.05, 0) is 48.1 Å². The van der Waals surface area contributed by atoms with Crippen LogP contribution in [0.4, 0.5) is 14.9 Å². The van der Waals surface area contributed by atoms with Gasteiger partial charge in [-0.15, -0.1) is 0 Å². The van der Waals surface area contributed by atoms with E-state index < -0.39 is 60.3 Å². The number of nitrogens with one attached hydrogen (secondary N) is 2. The predicted molar refractivity (Wildman–Crippen MR) is 183 cm³/mol. The van der Waals surface area contributed by atoms with Crippen molar-refractivity contribution in [3.63, 3.8) is 0 Å². The van der Waals surface area contributed by atoms with Crippen molar-refractivity contribution in [3.8, 4) is 0 Å². The first-order valence-electron chi connectivity index (χ1n) is 15.6. The van der Waals surface area contributed by atoms with E-state index in [2.05, 4.69) is 10.6 Å². The maximum atomic E-state index is 14.3. The molecule has 0 saturated heterocycles. The van der Waals surface area contributed by atoms with Crippen LogP contribution >= 0.6 is 7.82 Å². The second-order valence-electron chi connectivity index (χ2n) is 11.8. The molecule has 50 heavy (non-hydrogen) atoms. The number of alkyl carbamates (subject to hydrolysis) is 1. The van der Waals surface area contributed by atoms with Gasteiger partial charge in [0.05, 0.1) is 24.3 Å². The van der Waals surface area contributed by atoms with Crippen LogP contribution in [0.15, 0.2) is 83.8 Å². The molecule has 0 saturated carbocycles. The minimum Gasteiger partial charge on any atom is -1.00 e. The number of hydrogen-bond donors (Lipinski definition) is 5. The fourth-order valence-electron chi connectivity index (χ4n) is 5.31. The second-order valence-corrected chi connectivity index (χ2v) is 14.9. The molecule has 3 aromatic carbocycles. The molecule has 0 fully saturated rings. The Morgan fingerprint density at radius 1 is 1.00 bits per heavy atom. The molecule has 17 heteroatoms. The van der Waals surface area contributed by atoms with Crippen LogP contribution < -0.4 is 45.9 Å². The molecule has 0 unspecified atom stereocenters. The third-order valence-electron chi connectivity index (χ3n) is 7.62. The Labute approximate surface area is 316 Å². The van der Waals surface area contributed by atoms with Gasteiger partial charge in [0, 0.05) is 25.0 Å². The predicted octanol–water partition coefficient (Wildman–Crippen LogP) is 1.49. The zero-order chi connectivity index (χ0) is 36.2. The molecule has 0 aromatic heterocycles. The maximum Gasteiger partial charge on any atom is 1.00 e. The van der Waals surface area contributed by atoms with Crippen LogP contribution in [0.25, 0.3) is 0 Å². The van der Waals surface area contributed by atoms with E-state index in [1.807, 2.05) is 60.7 Å². The van der Waals surface area contributed by atoms with Crippen LogP contribution in [-0.2, 0) is 28.6 Å². The molecule has 0 heterocycles. The summed E-state index contributed by atoms with van der Waals surface area (Å²) in [7, 11) is -8.14. The van der Waals surface area contributed by atoms with Crippen molar-refractivity contribution in [1.29, 1.82) is 0 Å². The Balaban J connectivity index is 0.00000650. The third kappa shape index (κ3) is 13.0. The maximum absolute atomic E-state index is 14.3. The van der Waals surface area contributed by atoms with Crippen molar-refractivity contribution in [2.75, 3.05) is 32.5 Å². The van der Waals surface area contributed by atoms with E-state index in [0.717, 1.165) is 33.6 Å². The third-order valence-corrected chi connectivity index (χ3v) is 10.0. The van der Waals surface area contributed by atoms with Crippen LogP contribution in [0.3, 0.4) is 0 Å². The number of anilines is 1. The number of carbonyl (C=O) groups is 2. The van der Waals surface area contributed by atoms with Gasteiger partial charge in [0.1, 0.15) is 11.9 Å². The zero-order valence-corrected chi connectivity index (χ0v) is 32.3. The Bertz CT molecular complexity index is 1650. The van der Waals surface area contributed by atoms with Crippen LogP contribution in [0.1, 0.15) is 51.6 Å². The van der Waals surface area contributed by atoms with Crippen LogP contribution in [0.5, 0.6) is 0 Å². The SMILES string of the molecule is COC(=O)N[C@H](C(=O)NCCCC[C@@H](COP(=O)(O)O)N(CC(C)C)S(=O)(=O)c1ccc(N)c(F)c1)C(c1ccccc1)c1ccccc1.[H-].[Na+]. The minimum absolute atomic E-state index is 0. The average molecular weight is 747 g/mol. The summed E-state index contributed by atoms with van der Waals surface area (Å²) in [6.45, 7) is 2.96. The van der Waals surface area contributed by atoms with E-state index in [0.29, 0.717) is 12.8 Å². The van der Waals surface area contributed by atoms with Gasteiger partial charge in [-0.3, -0.25) is 9.32 Å². The smallest absolute Gasteiger partial charge is 1.00 e. The topological polar surface area (TPSA) is 198 Å². The number of hydrogen-bond acceptors (Lipinski definition) is 8. The molecular weight excluding hydrogens is 701 g/mol. The summed E-state index contributed by atoms with van der Waals surface area (Å²) in [5.41, 5.74) is 6.87. The Morgan fingerprint density at radius 3 is 2.08 bits per heavy atom. The number of ether oxygens (including phenoxy) is 1. The molecule has 13 nitrogen and oxygen atoms in total. The first kappa shape index (κ1) is 43.3. The summed E-state index contributed by atoms with van der Waals surface area (Å²) in [4.78, 5) is 44.5. The first-order chi connectivity index (χ1) is 23.1. The molecule has 0 aliphatic carbocycles. The van der Waals surface area contributed by atoms with Crippen LogP contribution in [-0.4, -0.2) is 73.4 Å². The molecule has 0 bridgehead atoms. The Kier molecular flexibility index (Phi) is 17.5. The number of halogens is 1. The molecule has 0 aliphatic rings. The number of nitrogen functional groups attached to an aromatic ring is 1. The monoisotopic (exact) mass is 746 g/mol. The van der Waals surface area contributed by atoms with Gasteiger partial charge >= 0.3 is 43.5 Å². The van der Waals surface area contributed by atoms with E-state index in [9.17, 15) is 36.7 Å². The number of amides is 2. The molecule has 6 N–H and O–H groups in total. The minimum atomic E-state index is -4.98. The summed E-state index contributed by atoms with van der Waals surface area (Å²) in [6.07, 6.45) is -0.0840. The molecule has 0 radical (unpaired) electrons. The second kappa shape index (κ2) is 20.3. The fourth-order valence-corrected chi connectivity index (χ4v) is 7.49. The van der Waals surface area contributed by atoms with E-state index in [1.165, 1.54) is 7.11 Å². The normalized spacial score (nSPS) is 13.1. The van der Waals surface area contributed by atoms with Crippen molar-refractivity contribution in [2.24, 2.45) is 5.92 Å². The van der Waals surface area contributed by atoms with Gasteiger partial charge in [0.15, 0.2) is 0 Å². The molecule has 2 atom stereocenters.